The van der Waals surface area contributed by atoms with E-state index in [1.165, 1.54) is 0 Å². The lowest BCUT2D eigenvalue weighted by Gasteiger charge is -2.30. The Bertz CT molecular complexity index is 429. The molecule has 0 spiro atoms. The van der Waals surface area contributed by atoms with E-state index in [4.69, 9.17) is 10.5 Å². The highest BCUT2D eigenvalue weighted by Crippen LogP contribution is 2.33. The molecule has 1 aromatic rings. The van der Waals surface area contributed by atoms with Crippen LogP contribution in [0.15, 0.2) is 0 Å². The fourth-order valence-electron chi connectivity index (χ4n) is 2.37. The number of rotatable bonds is 4. The quantitative estimate of drug-likeness (QED) is 0.862. The molecule has 1 aromatic heterocycles. The maximum atomic E-state index is 6.13. The Morgan fingerprint density at radius 1 is 1.61 bits per heavy atom. The van der Waals surface area contributed by atoms with E-state index in [1.54, 1.807) is 0 Å². The van der Waals surface area contributed by atoms with Crippen LogP contribution in [0, 0.1) is 6.92 Å². The van der Waals surface area contributed by atoms with Crippen molar-refractivity contribution in [2.75, 3.05) is 17.7 Å². The van der Waals surface area contributed by atoms with Gasteiger partial charge in [-0.2, -0.15) is 5.10 Å². The first-order valence-corrected chi connectivity index (χ1v) is 6.70. The topological polar surface area (TPSA) is 65.1 Å². The minimum atomic E-state index is -0.0634. The third-order valence-electron chi connectivity index (χ3n) is 3.90. The second-order valence-corrected chi connectivity index (χ2v) is 5.38. The summed E-state index contributed by atoms with van der Waals surface area (Å²) in [5.41, 5.74) is 7.71. The van der Waals surface area contributed by atoms with Crippen molar-refractivity contribution < 1.29 is 4.74 Å². The van der Waals surface area contributed by atoms with Crippen LogP contribution in [-0.2, 0) is 11.3 Å². The average Bonchev–Trinajstić information content (AvgIpc) is 2.76. The molecule has 1 aliphatic heterocycles. The zero-order valence-corrected chi connectivity index (χ0v) is 11.8. The molecule has 102 valence electrons. The average molecular weight is 252 g/mol. The summed E-state index contributed by atoms with van der Waals surface area (Å²) >= 11 is 0. The van der Waals surface area contributed by atoms with Crippen LogP contribution in [0.4, 0.5) is 11.5 Å². The molecule has 2 rings (SSSR count). The smallest absolute Gasteiger partial charge is 0.148 e. The van der Waals surface area contributed by atoms with Gasteiger partial charge in [-0.05, 0) is 33.6 Å². The fraction of sp³-hybridized carbons (Fsp3) is 0.769. The predicted octanol–water partition coefficient (Wildman–Crippen LogP) is 2.16. The molecule has 0 aromatic carbocycles. The van der Waals surface area contributed by atoms with E-state index in [1.807, 2.05) is 11.6 Å². The minimum absolute atomic E-state index is 0.0634. The summed E-state index contributed by atoms with van der Waals surface area (Å²) in [7, 11) is 0. The summed E-state index contributed by atoms with van der Waals surface area (Å²) in [4.78, 5) is 0. The highest BCUT2D eigenvalue weighted by molar-refractivity contribution is 5.65. The van der Waals surface area contributed by atoms with Crippen molar-refractivity contribution in [3.63, 3.8) is 0 Å². The molecule has 2 heterocycles. The number of nitrogens with one attached hydrogen (secondary N) is 1. The number of nitrogens with zero attached hydrogens (tertiary/aromatic N) is 2. The molecule has 0 aliphatic carbocycles. The zero-order chi connectivity index (χ0) is 13.3. The minimum Gasteiger partial charge on any atom is -0.394 e. The molecule has 1 saturated heterocycles. The van der Waals surface area contributed by atoms with Crippen molar-refractivity contribution in [1.82, 2.24) is 9.78 Å². The summed E-state index contributed by atoms with van der Waals surface area (Å²) in [6.45, 7) is 10.0. The van der Waals surface area contributed by atoms with E-state index in [2.05, 4.69) is 31.2 Å². The number of hydrogen-bond acceptors (Lipinski definition) is 4. The Labute approximate surface area is 109 Å². The number of hydrogen-bond donors (Lipinski definition) is 2. The molecule has 0 bridgehead atoms. The molecule has 0 radical (unpaired) electrons. The standard InChI is InChI=1S/C13H24N4O/c1-5-7-17-12(11(14)9(2)16-17)15-13(4)6-8-18-10(13)3/h10,15H,5-8,14H2,1-4H3. The largest absolute Gasteiger partial charge is 0.394 e. The fourth-order valence-corrected chi connectivity index (χ4v) is 2.37. The lowest BCUT2D eigenvalue weighted by Crippen LogP contribution is -2.42. The van der Waals surface area contributed by atoms with Gasteiger partial charge in [-0.3, -0.25) is 0 Å². The Morgan fingerprint density at radius 2 is 2.33 bits per heavy atom. The molecule has 18 heavy (non-hydrogen) atoms. The third-order valence-corrected chi connectivity index (χ3v) is 3.90. The van der Waals surface area contributed by atoms with E-state index in [-0.39, 0.29) is 11.6 Å². The van der Waals surface area contributed by atoms with Crippen molar-refractivity contribution >= 4 is 11.5 Å². The Kier molecular flexibility index (Phi) is 3.52. The van der Waals surface area contributed by atoms with Crippen LogP contribution in [0.3, 0.4) is 0 Å². The maximum Gasteiger partial charge on any atom is 0.148 e. The molecule has 2 unspecified atom stereocenters. The molecule has 5 heteroatoms. The van der Waals surface area contributed by atoms with Crippen LogP contribution in [0.5, 0.6) is 0 Å². The Morgan fingerprint density at radius 3 is 2.89 bits per heavy atom. The normalized spacial score (nSPS) is 27.7. The monoisotopic (exact) mass is 252 g/mol. The van der Waals surface area contributed by atoms with E-state index >= 15 is 0 Å². The molecule has 2 atom stereocenters. The number of aryl methyl sites for hydroxylation is 2. The summed E-state index contributed by atoms with van der Waals surface area (Å²) in [5.74, 6) is 0.939. The van der Waals surface area contributed by atoms with Gasteiger partial charge in [-0.1, -0.05) is 6.92 Å². The van der Waals surface area contributed by atoms with Crippen molar-refractivity contribution in [2.24, 2.45) is 0 Å². The van der Waals surface area contributed by atoms with Crippen molar-refractivity contribution in [2.45, 2.75) is 58.7 Å². The summed E-state index contributed by atoms with van der Waals surface area (Å²) in [6, 6.07) is 0. The van der Waals surface area contributed by atoms with Crippen LogP contribution in [-0.4, -0.2) is 28.0 Å². The number of nitrogen functional groups attached to an aromatic ring is 1. The number of aromatic nitrogens is 2. The van der Waals surface area contributed by atoms with Crippen LogP contribution in [0.25, 0.3) is 0 Å². The number of nitrogens with two attached hydrogens (primary N) is 1. The molecule has 3 N–H and O–H groups in total. The van der Waals surface area contributed by atoms with Gasteiger partial charge in [-0.25, -0.2) is 4.68 Å². The van der Waals surface area contributed by atoms with Gasteiger partial charge in [0.05, 0.1) is 23.0 Å². The van der Waals surface area contributed by atoms with Gasteiger partial charge >= 0.3 is 0 Å². The lowest BCUT2D eigenvalue weighted by atomic mass is 9.94. The van der Waals surface area contributed by atoms with E-state index in [0.29, 0.717) is 0 Å². The third kappa shape index (κ3) is 2.19. The van der Waals surface area contributed by atoms with E-state index in [9.17, 15) is 0 Å². The van der Waals surface area contributed by atoms with Gasteiger partial charge in [-0.15, -0.1) is 0 Å². The first-order chi connectivity index (χ1) is 8.48. The first kappa shape index (κ1) is 13.2. The van der Waals surface area contributed by atoms with Crippen LogP contribution in [0.2, 0.25) is 0 Å². The molecule has 0 saturated carbocycles. The Hall–Kier alpha value is -1.23. The van der Waals surface area contributed by atoms with Crippen LogP contribution >= 0.6 is 0 Å². The predicted molar refractivity (Wildman–Crippen MR) is 73.7 cm³/mol. The Balaban J connectivity index is 2.27. The van der Waals surface area contributed by atoms with Gasteiger partial charge < -0.3 is 15.8 Å². The van der Waals surface area contributed by atoms with Crippen LogP contribution < -0.4 is 11.1 Å². The molecule has 1 aliphatic rings. The van der Waals surface area contributed by atoms with E-state index in [0.717, 1.165) is 43.2 Å². The second-order valence-electron chi connectivity index (χ2n) is 5.38. The van der Waals surface area contributed by atoms with Crippen molar-refractivity contribution in [3.05, 3.63) is 5.69 Å². The van der Waals surface area contributed by atoms with Crippen molar-refractivity contribution in [3.8, 4) is 0 Å². The summed E-state index contributed by atoms with van der Waals surface area (Å²) < 4.78 is 7.63. The molecular formula is C13H24N4O. The highest BCUT2D eigenvalue weighted by Gasteiger charge is 2.38. The van der Waals surface area contributed by atoms with E-state index < -0.39 is 0 Å². The van der Waals surface area contributed by atoms with Gasteiger partial charge in [0.2, 0.25) is 0 Å². The van der Waals surface area contributed by atoms with Crippen molar-refractivity contribution in [1.29, 1.82) is 0 Å². The van der Waals surface area contributed by atoms with Gasteiger partial charge in [0.25, 0.3) is 0 Å². The van der Waals surface area contributed by atoms with Gasteiger partial charge in [0, 0.05) is 13.2 Å². The molecule has 5 nitrogen and oxygen atoms in total. The highest BCUT2D eigenvalue weighted by atomic mass is 16.5. The van der Waals surface area contributed by atoms with Gasteiger partial charge in [0.15, 0.2) is 0 Å². The lowest BCUT2D eigenvalue weighted by molar-refractivity contribution is 0.105. The van der Waals surface area contributed by atoms with Gasteiger partial charge in [0.1, 0.15) is 5.82 Å². The van der Waals surface area contributed by atoms with Crippen LogP contribution in [0.1, 0.15) is 39.3 Å². The summed E-state index contributed by atoms with van der Waals surface area (Å²) in [5, 5.41) is 8.05. The molecular weight excluding hydrogens is 228 g/mol. The molecule has 1 fully saturated rings. The maximum absolute atomic E-state index is 6.13. The zero-order valence-electron chi connectivity index (χ0n) is 11.8. The second kappa shape index (κ2) is 4.80. The molecule has 0 amide bonds. The SMILES string of the molecule is CCCn1nc(C)c(N)c1NC1(C)CCOC1C. The first-order valence-electron chi connectivity index (χ1n) is 6.70. The number of ether oxygens (including phenoxy) is 1. The number of anilines is 2. The summed E-state index contributed by atoms with van der Waals surface area (Å²) in [6.07, 6.45) is 2.21.